The standard InChI is InChI=1S/C31H33F2N5O4/c1-35-20-29(39)37-27(17-22-6-3-2-4-7-22)30(40)36(14-15-42-21-24-8-5-9-26(33)16-24)19-28(37)38(35)31(41)34-18-23-10-12-25(32)13-11-23/h2-13,16,27-28H,14-15,17-21H2,1H3,(H,34,41)/t27-,28?/m0/s1. The molecule has 1 N–H and O–H groups in total. The second-order valence-electron chi connectivity index (χ2n) is 10.4. The topological polar surface area (TPSA) is 85.4 Å². The maximum atomic E-state index is 13.8. The number of carbonyl (C=O) groups is 3. The molecule has 42 heavy (non-hydrogen) atoms. The molecule has 0 bridgehead atoms. The number of likely N-dealkylation sites (N-methyl/N-ethyl adjacent to an activating group) is 1. The molecule has 0 aromatic heterocycles. The van der Waals surface area contributed by atoms with Crippen LogP contribution in [0.5, 0.6) is 0 Å². The van der Waals surface area contributed by atoms with Crippen molar-refractivity contribution in [1.29, 1.82) is 0 Å². The first-order valence-electron chi connectivity index (χ1n) is 13.8. The Balaban J connectivity index is 1.34. The van der Waals surface area contributed by atoms with Crippen LogP contribution < -0.4 is 5.32 Å². The third kappa shape index (κ3) is 6.75. The Morgan fingerprint density at radius 1 is 0.929 bits per heavy atom. The van der Waals surface area contributed by atoms with Crippen molar-refractivity contribution in [2.24, 2.45) is 0 Å². The SMILES string of the molecule is CN1CC(=O)N2C(CN(CCOCc3cccc(F)c3)C(=O)[C@@H]2Cc2ccccc2)N1C(=O)NCc1ccc(F)cc1. The lowest BCUT2D eigenvalue weighted by Gasteiger charge is -2.54. The number of hydrogen-bond acceptors (Lipinski definition) is 5. The van der Waals surface area contributed by atoms with Crippen LogP contribution in [-0.2, 0) is 33.9 Å². The lowest BCUT2D eigenvalue weighted by Crippen LogP contribution is -2.76. The molecule has 3 aromatic carbocycles. The molecule has 2 saturated heterocycles. The maximum Gasteiger partial charge on any atom is 0.334 e. The summed E-state index contributed by atoms with van der Waals surface area (Å²) in [6, 6.07) is 20.1. The lowest BCUT2D eigenvalue weighted by molar-refractivity contribution is -0.187. The van der Waals surface area contributed by atoms with Gasteiger partial charge in [0.05, 0.1) is 26.3 Å². The number of piperazine rings is 1. The highest BCUT2D eigenvalue weighted by Crippen LogP contribution is 2.27. The molecular weight excluding hydrogens is 544 g/mol. The van der Waals surface area contributed by atoms with Crippen molar-refractivity contribution in [3.05, 3.63) is 107 Å². The fraction of sp³-hybridized carbons (Fsp3) is 0.323. The first-order chi connectivity index (χ1) is 20.3. The molecule has 0 saturated carbocycles. The number of carbonyl (C=O) groups excluding carboxylic acids is 3. The first-order valence-corrected chi connectivity index (χ1v) is 13.8. The van der Waals surface area contributed by atoms with Crippen LogP contribution in [0.1, 0.15) is 16.7 Å². The van der Waals surface area contributed by atoms with E-state index in [-0.39, 0.29) is 69.3 Å². The van der Waals surface area contributed by atoms with Gasteiger partial charge in [0.25, 0.3) is 0 Å². The third-order valence-corrected chi connectivity index (χ3v) is 7.44. The molecule has 9 nitrogen and oxygen atoms in total. The van der Waals surface area contributed by atoms with Gasteiger partial charge in [-0.15, -0.1) is 0 Å². The summed E-state index contributed by atoms with van der Waals surface area (Å²) >= 11 is 0. The van der Waals surface area contributed by atoms with E-state index < -0.39 is 18.2 Å². The van der Waals surface area contributed by atoms with Crippen molar-refractivity contribution < 1.29 is 27.9 Å². The Morgan fingerprint density at radius 3 is 2.40 bits per heavy atom. The molecule has 220 valence electrons. The maximum absolute atomic E-state index is 13.8. The Labute approximate surface area is 243 Å². The summed E-state index contributed by atoms with van der Waals surface area (Å²) in [5, 5.41) is 5.88. The minimum Gasteiger partial charge on any atom is -0.375 e. The summed E-state index contributed by atoms with van der Waals surface area (Å²) in [5.41, 5.74) is 2.28. The van der Waals surface area contributed by atoms with E-state index >= 15 is 0 Å². The average Bonchev–Trinajstić information content (AvgIpc) is 2.97. The third-order valence-electron chi connectivity index (χ3n) is 7.44. The predicted molar refractivity (Wildman–Crippen MR) is 150 cm³/mol. The van der Waals surface area contributed by atoms with Gasteiger partial charge in [-0.2, -0.15) is 0 Å². The molecule has 2 fully saturated rings. The van der Waals surface area contributed by atoms with Gasteiger partial charge < -0.3 is 19.9 Å². The normalized spacial score (nSPS) is 19.2. The molecule has 1 unspecified atom stereocenters. The van der Waals surface area contributed by atoms with Crippen LogP contribution in [0, 0.1) is 11.6 Å². The summed E-state index contributed by atoms with van der Waals surface area (Å²) in [4.78, 5) is 43.8. The largest absolute Gasteiger partial charge is 0.375 e. The minimum absolute atomic E-state index is 0.0736. The highest BCUT2D eigenvalue weighted by Gasteiger charge is 2.50. The van der Waals surface area contributed by atoms with Crippen molar-refractivity contribution >= 4 is 17.8 Å². The molecule has 3 aromatic rings. The molecule has 11 heteroatoms. The minimum atomic E-state index is -0.817. The van der Waals surface area contributed by atoms with Gasteiger partial charge in [0.2, 0.25) is 11.8 Å². The molecular formula is C31H33F2N5O4. The smallest absolute Gasteiger partial charge is 0.334 e. The zero-order chi connectivity index (χ0) is 29.6. The second-order valence-corrected chi connectivity index (χ2v) is 10.4. The van der Waals surface area contributed by atoms with E-state index in [9.17, 15) is 23.2 Å². The Hall–Kier alpha value is -4.35. The molecule has 2 aliphatic rings. The van der Waals surface area contributed by atoms with E-state index in [1.54, 1.807) is 41.2 Å². The van der Waals surface area contributed by atoms with Gasteiger partial charge in [-0.05, 0) is 41.0 Å². The zero-order valence-corrected chi connectivity index (χ0v) is 23.3. The second kappa shape index (κ2) is 13.1. The summed E-state index contributed by atoms with van der Waals surface area (Å²) < 4.78 is 32.6. The first kappa shape index (κ1) is 29.2. The van der Waals surface area contributed by atoms with Crippen LogP contribution in [0.2, 0.25) is 0 Å². The quantitative estimate of drug-likeness (QED) is 0.395. The van der Waals surface area contributed by atoms with Crippen LogP contribution in [0.15, 0.2) is 78.9 Å². The Morgan fingerprint density at radius 2 is 1.67 bits per heavy atom. The number of amides is 4. The van der Waals surface area contributed by atoms with Crippen molar-refractivity contribution in [2.75, 3.05) is 33.3 Å². The molecule has 2 atom stereocenters. The van der Waals surface area contributed by atoms with Gasteiger partial charge in [-0.1, -0.05) is 54.6 Å². The van der Waals surface area contributed by atoms with Crippen molar-refractivity contribution in [3.8, 4) is 0 Å². The van der Waals surface area contributed by atoms with Crippen LogP contribution in [0.4, 0.5) is 13.6 Å². The van der Waals surface area contributed by atoms with E-state index in [2.05, 4.69) is 5.32 Å². The van der Waals surface area contributed by atoms with Crippen LogP contribution in [-0.4, -0.2) is 83.2 Å². The number of nitrogens with zero attached hydrogens (tertiary/aromatic N) is 4. The average molecular weight is 578 g/mol. The van der Waals surface area contributed by atoms with Crippen LogP contribution in [0.25, 0.3) is 0 Å². The van der Waals surface area contributed by atoms with Crippen molar-refractivity contribution in [1.82, 2.24) is 25.1 Å². The highest BCUT2D eigenvalue weighted by molar-refractivity contribution is 5.91. The fourth-order valence-corrected chi connectivity index (χ4v) is 5.40. The van der Waals surface area contributed by atoms with E-state index in [0.717, 1.165) is 11.1 Å². The van der Waals surface area contributed by atoms with Crippen LogP contribution in [0.3, 0.4) is 0 Å². The molecule has 0 spiro atoms. The number of hydrogen-bond donors (Lipinski definition) is 1. The Bertz CT molecular complexity index is 1410. The van der Waals surface area contributed by atoms with Gasteiger partial charge in [0.1, 0.15) is 23.8 Å². The number of hydrazine groups is 1. The van der Waals surface area contributed by atoms with Crippen LogP contribution >= 0.6 is 0 Å². The van der Waals surface area contributed by atoms with Gasteiger partial charge in [-0.3, -0.25) is 9.59 Å². The number of benzene rings is 3. The highest BCUT2D eigenvalue weighted by atomic mass is 19.1. The van der Waals surface area contributed by atoms with E-state index in [4.69, 9.17) is 4.74 Å². The zero-order valence-electron chi connectivity index (χ0n) is 23.3. The van der Waals surface area contributed by atoms with Gasteiger partial charge in [0, 0.05) is 26.6 Å². The fourth-order valence-electron chi connectivity index (χ4n) is 5.40. The monoisotopic (exact) mass is 577 g/mol. The van der Waals surface area contributed by atoms with E-state index in [0.29, 0.717) is 5.56 Å². The van der Waals surface area contributed by atoms with Gasteiger partial charge in [0.15, 0.2) is 0 Å². The lowest BCUT2D eigenvalue weighted by atomic mass is 9.99. The number of rotatable bonds is 9. The number of fused-ring (bicyclic) bond motifs is 1. The summed E-state index contributed by atoms with van der Waals surface area (Å²) in [6.45, 7) is 0.777. The molecule has 2 aliphatic heterocycles. The van der Waals surface area contributed by atoms with Crippen molar-refractivity contribution in [2.45, 2.75) is 31.8 Å². The number of urea groups is 1. The van der Waals surface area contributed by atoms with Gasteiger partial charge in [-0.25, -0.2) is 23.6 Å². The number of nitrogens with one attached hydrogen (secondary N) is 1. The molecule has 0 aliphatic carbocycles. The molecule has 5 rings (SSSR count). The summed E-state index contributed by atoms with van der Waals surface area (Å²) in [6.07, 6.45) is -0.462. The van der Waals surface area contributed by atoms with Crippen molar-refractivity contribution in [3.63, 3.8) is 0 Å². The van der Waals surface area contributed by atoms with Gasteiger partial charge >= 0.3 is 6.03 Å². The van der Waals surface area contributed by atoms with E-state index in [1.807, 2.05) is 30.3 Å². The molecule has 2 heterocycles. The Kier molecular flexibility index (Phi) is 9.09. The molecule has 0 radical (unpaired) electrons. The summed E-state index contributed by atoms with van der Waals surface area (Å²) in [5.74, 6) is -1.20. The molecule has 4 amide bonds. The summed E-state index contributed by atoms with van der Waals surface area (Å²) in [7, 11) is 1.65. The number of halogens is 2. The predicted octanol–water partition coefficient (Wildman–Crippen LogP) is 3.16. The number of ether oxygens (including phenoxy) is 1. The van der Waals surface area contributed by atoms with E-state index in [1.165, 1.54) is 34.2 Å².